The molecule has 192 valence electrons. The minimum absolute atomic E-state index is 0.0146. The molecular formula is C24H32FN3O7. The van der Waals surface area contributed by atoms with Gasteiger partial charge in [0.1, 0.15) is 18.2 Å². The van der Waals surface area contributed by atoms with E-state index >= 15 is 0 Å². The molecule has 0 N–H and O–H groups in total. The molecule has 2 heterocycles. The van der Waals surface area contributed by atoms with E-state index < -0.39 is 12.0 Å². The topological polar surface area (TPSA) is 101 Å². The van der Waals surface area contributed by atoms with Crippen LogP contribution < -0.4 is 14.2 Å². The zero-order valence-corrected chi connectivity index (χ0v) is 20.5. The monoisotopic (exact) mass is 493 g/mol. The number of hydrogen-bond donors (Lipinski definition) is 0. The Labute approximate surface area is 204 Å². The Balaban J connectivity index is 1.54. The zero-order valence-electron chi connectivity index (χ0n) is 20.5. The highest BCUT2D eigenvalue weighted by molar-refractivity contribution is 5.59. The van der Waals surface area contributed by atoms with Crippen molar-refractivity contribution >= 4 is 6.16 Å². The molecule has 1 aliphatic heterocycles. The number of carbonyl (C=O) groups excluding carboxylic acids is 1. The number of benzene rings is 1. The summed E-state index contributed by atoms with van der Waals surface area (Å²) < 4.78 is 41.8. The van der Waals surface area contributed by atoms with E-state index in [0.717, 1.165) is 0 Å². The minimum atomic E-state index is -0.717. The molecule has 10 nitrogen and oxygen atoms in total. The Morgan fingerprint density at radius 2 is 1.91 bits per heavy atom. The lowest BCUT2D eigenvalue weighted by Gasteiger charge is -2.30. The second kappa shape index (κ2) is 13.1. The number of rotatable bonds is 11. The van der Waals surface area contributed by atoms with Crippen molar-refractivity contribution in [2.75, 3.05) is 33.4 Å². The van der Waals surface area contributed by atoms with Crippen LogP contribution in [0.3, 0.4) is 0 Å². The first kappa shape index (κ1) is 26.4. The Morgan fingerprint density at radius 3 is 2.60 bits per heavy atom. The molecule has 3 rings (SSSR count). The van der Waals surface area contributed by atoms with Crippen LogP contribution in [0.5, 0.6) is 23.3 Å². The van der Waals surface area contributed by atoms with Crippen LogP contribution in [0.4, 0.5) is 9.18 Å². The van der Waals surface area contributed by atoms with E-state index in [4.69, 9.17) is 28.5 Å². The van der Waals surface area contributed by atoms with E-state index in [0.29, 0.717) is 62.8 Å². The number of aromatic nitrogens is 2. The van der Waals surface area contributed by atoms with Crippen molar-refractivity contribution in [3.05, 3.63) is 35.9 Å². The van der Waals surface area contributed by atoms with Gasteiger partial charge in [0.25, 0.3) is 0 Å². The lowest BCUT2D eigenvalue weighted by molar-refractivity contribution is -0.151. The van der Waals surface area contributed by atoms with E-state index in [-0.39, 0.29) is 23.8 Å². The second-order valence-corrected chi connectivity index (χ2v) is 8.25. The van der Waals surface area contributed by atoms with Gasteiger partial charge in [0.2, 0.25) is 11.8 Å². The molecule has 1 aromatic carbocycles. The number of hydroxylamine groups is 2. The molecule has 1 aliphatic rings. The van der Waals surface area contributed by atoms with E-state index in [9.17, 15) is 9.18 Å². The molecule has 1 saturated heterocycles. The number of methoxy groups -OCH3 is 1. The van der Waals surface area contributed by atoms with Crippen molar-refractivity contribution in [1.29, 1.82) is 0 Å². The maximum atomic E-state index is 14.6. The number of piperidine rings is 1. The van der Waals surface area contributed by atoms with Gasteiger partial charge in [-0.1, -0.05) is 0 Å². The summed E-state index contributed by atoms with van der Waals surface area (Å²) in [7, 11) is 1.61. The van der Waals surface area contributed by atoms with E-state index in [1.165, 1.54) is 18.5 Å². The fourth-order valence-electron chi connectivity index (χ4n) is 3.31. The van der Waals surface area contributed by atoms with Crippen molar-refractivity contribution < 1.29 is 37.7 Å². The maximum Gasteiger partial charge on any atom is 0.528 e. The van der Waals surface area contributed by atoms with Gasteiger partial charge in [0, 0.05) is 52.1 Å². The molecule has 0 bridgehead atoms. The molecular weight excluding hydrogens is 461 g/mol. The van der Waals surface area contributed by atoms with Crippen LogP contribution in [0.2, 0.25) is 0 Å². The van der Waals surface area contributed by atoms with Gasteiger partial charge in [0.05, 0.1) is 18.3 Å². The number of hydrogen-bond acceptors (Lipinski definition) is 10. The number of carbonyl (C=O) groups is 1. The summed E-state index contributed by atoms with van der Waals surface area (Å²) in [5.74, 6) is 0.396. The third-order valence-electron chi connectivity index (χ3n) is 5.08. The molecule has 0 unspecified atom stereocenters. The Kier molecular flexibility index (Phi) is 9.86. The Bertz CT molecular complexity index is 968. The molecule has 0 aliphatic carbocycles. The summed E-state index contributed by atoms with van der Waals surface area (Å²) >= 11 is 0. The second-order valence-electron chi connectivity index (χ2n) is 8.25. The first-order chi connectivity index (χ1) is 16.9. The standard InChI is InChI=1S/C24H32FN3O7/c1-16(2)32-24(29)35-28-10-8-18(9-11-28)33-22-17(3)23(27-15-26-22)34-21-7-6-19(14-20(21)25)31-13-5-12-30-4/h6-7,14-16,18H,5,8-13H2,1-4H3. The molecule has 11 heteroatoms. The average Bonchev–Trinajstić information content (AvgIpc) is 2.81. The molecule has 0 atom stereocenters. The van der Waals surface area contributed by atoms with Gasteiger partial charge < -0.3 is 28.5 Å². The van der Waals surface area contributed by atoms with Crippen molar-refractivity contribution in [2.45, 2.75) is 52.2 Å². The summed E-state index contributed by atoms with van der Waals surface area (Å²) in [6.07, 6.45) is 2.16. The normalized spacial score (nSPS) is 14.6. The number of ether oxygens (including phenoxy) is 5. The largest absolute Gasteiger partial charge is 0.528 e. The molecule has 1 fully saturated rings. The highest BCUT2D eigenvalue weighted by atomic mass is 19.1. The highest BCUT2D eigenvalue weighted by Crippen LogP contribution is 2.31. The van der Waals surface area contributed by atoms with Crippen molar-refractivity contribution in [1.82, 2.24) is 15.0 Å². The van der Waals surface area contributed by atoms with Crippen molar-refractivity contribution in [2.24, 2.45) is 0 Å². The van der Waals surface area contributed by atoms with Gasteiger partial charge in [-0.3, -0.25) is 0 Å². The molecule has 0 radical (unpaired) electrons. The molecule has 0 amide bonds. The van der Waals surface area contributed by atoms with Gasteiger partial charge in [-0.2, -0.15) is 0 Å². The third kappa shape index (κ3) is 8.22. The summed E-state index contributed by atoms with van der Waals surface area (Å²) in [6, 6.07) is 4.39. The van der Waals surface area contributed by atoms with Crippen molar-refractivity contribution in [3.63, 3.8) is 0 Å². The molecule has 0 saturated carbocycles. The van der Waals surface area contributed by atoms with Gasteiger partial charge in [-0.05, 0) is 32.9 Å². The fourth-order valence-corrected chi connectivity index (χ4v) is 3.31. The minimum Gasteiger partial charge on any atom is -0.493 e. The van der Waals surface area contributed by atoms with Gasteiger partial charge in [-0.15, -0.1) is 5.06 Å². The zero-order chi connectivity index (χ0) is 25.2. The molecule has 35 heavy (non-hydrogen) atoms. The van der Waals surface area contributed by atoms with Crippen LogP contribution >= 0.6 is 0 Å². The van der Waals surface area contributed by atoms with Gasteiger partial charge in [-0.25, -0.2) is 19.2 Å². The van der Waals surface area contributed by atoms with Crippen LogP contribution in [0.1, 0.15) is 38.7 Å². The smallest absolute Gasteiger partial charge is 0.493 e. The quantitative estimate of drug-likeness (QED) is 0.329. The summed E-state index contributed by atoms with van der Waals surface area (Å²) in [5, 5.41) is 1.56. The lowest BCUT2D eigenvalue weighted by atomic mass is 10.1. The lowest BCUT2D eigenvalue weighted by Crippen LogP contribution is -2.40. The summed E-state index contributed by atoms with van der Waals surface area (Å²) in [6.45, 7) is 7.25. The number of halogens is 1. The molecule has 0 spiro atoms. The van der Waals surface area contributed by atoms with E-state index in [1.54, 1.807) is 39.0 Å². The van der Waals surface area contributed by atoms with E-state index in [1.807, 2.05) is 0 Å². The average molecular weight is 494 g/mol. The van der Waals surface area contributed by atoms with Crippen LogP contribution in [0.25, 0.3) is 0 Å². The molecule has 2 aromatic rings. The van der Waals surface area contributed by atoms with Crippen LogP contribution in [-0.2, 0) is 14.3 Å². The van der Waals surface area contributed by atoms with Crippen LogP contribution in [0.15, 0.2) is 24.5 Å². The van der Waals surface area contributed by atoms with E-state index in [2.05, 4.69) is 9.97 Å². The van der Waals surface area contributed by atoms with Crippen LogP contribution in [0, 0.1) is 12.7 Å². The predicted octanol–water partition coefficient (Wildman–Crippen LogP) is 4.45. The predicted molar refractivity (Wildman–Crippen MR) is 123 cm³/mol. The third-order valence-corrected chi connectivity index (χ3v) is 5.08. The summed E-state index contributed by atoms with van der Waals surface area (Å²) in [4.78, 5) is 25.2. The summed E-state index contributed by atoms with van der Waals surface area (Å²) in [5.41, 5.74) is 0.547. The Morgan fingerprint density at radius 1 is 1.17 bits per heavy atom. The SMILES string of the molecule is COCCCOc1ccc(Oc2ncnc(OC3CCN(OC(=O)OC(C)C)CC3)c2C)c(F)c1. The fraction of sp³-hybridized carbons (Fsp3) is 0.542. The highest BCUT2D eigenvalue weighted by Gasteiger charge is 2.25. The van der Waals surface area contributed by atoms with Crippen molar-refractivity contribution in [3.8, 4) is 23.3 Å². The van der Waals surface area contributed by atoms with Gasteiger partial charge in [0.15, 0.2) is 11.6 Å². The maximum absolute atomic E-state index is 14.6. The number of nitrogens with zero attached hydrogens (tertiary/aromatic N) is 3. The Hall–Kier alpha value is -3.18. The first-order valence-corrected chi connectivity index (χ1v) is 11.6. The van der Waals surface area contributed by atoms with Gasteiger partial charge >= 0.3 is 6.16 Å². The molecule has 1 aromatic heterocycles. The first-order valence-electron chi connectivity index (χ1n) is 11.6. The van der Waals surface area contributed by atoms with Crippen LogP contribution in [-0.4, -0.2) is 66.8 Å².